The van der Waals surface area contributed by atoms with Crippen LogP contribution in [0.5, 0.6) is 11.5 Å². The van der Waals surface area contributed by atoms with E-state index in [0.717, 1.165) is 41.1 Å². The average Bonchev–Trinajstić information content (AvgIpc) is 2.67. The van der Waals surface area contributed by atoms with E-state index in [9.17, 15) is 10.2 Å². The van der Waals surface area contributed by atoms with Crippen LogP contribution in [-0.2, 0) is 6.42 Å². The molecule has 4 nitrogen and oxygen atoms in total. The monoisotopic (exact) mass is 342 g/mol. The molecule has 0 amide bonds. The summed E-state index contributed by atoms with van der Waals surface area (Å²) >= 11 is 0. The van der Waals surface area contributed by atoms with Crippen molar-refractivity contribution in [2.45, 2.75) is 12.8 Å². The molecular formula is C22H18N2O2. The number of benzene rings is 3. The summed E-state index contributed by atoms with van der Waals surface area (Å²) in [7, 11) is 0. The van der Waals surface area contributed by atoms with E-state index in [1.54, 1.807) is 30.5 Å². The Morgan fingerprint density at radius 3 is 2.38 bits per heavy atom. The second-order valence-electron chi connectivity index (χ2n) is 6.18. The Morgan fingerprint density at radius 2 is 1.58 bits per heavy atom. The van der Waals surface area contributed by atoms with Crippen LogP contribution in [0.4, 0.5) is 11.4 Å². The van der Waals surface area contributed by atoms with Crippen molar-refractivity contribution in [3.8, 4) is 11.5 Å². The van der Waals surface area contributed by atoms with E-state index >= 15 is 0 Å². The highest BCUT2D eigenvalue weighted by Gasteiger charge is 2.17. The third-order valence-corrected chi connectivity index (χ3v) is 4.47. The van der Waals surface area contributed by atoms with Gasteiger partial charge in [-0.3, -0.25) is 9.98 Å². The maximum absolute atomic E-state index is 10.1. The van der Waals surface area contributed by atoms with Crippen LogP contribution in [0.25, 0.3) is 0 Å². The van der Waals surface area contributed by atoms with E-state index in [-0.39, 0.29) is 11.5 Å². The van der Waals surface area contributed by atoms with Crippen molar-refractivity contribution in [1.29, 1.82) is 0 Å². The van der Waals surface area contributed by atoms with Crippen molar-refractivity contribution in [3.63, 3.8) is 0 Å². The minimum Gasteiger partial charge on any atom is -0.507 e. The van der Waals surface area contributed by atoms with Gasteiger partial charge in [-0.1, -0.05) is 36.4 Å². The van der Waals surface area contributed by atoms with Crippen LogP contribution in [0.2, 0.25) is 0 Å². The van der Waals surface area contributed by atoms with Gasteiger partial charge >= 0.3 is 0 Å². The maximum Gasteiger partial charge on any atom is 0.124 e. The fourth-order valence-electron chi connectivity index (χ4n) is 3.11. The normalized spacial score (nSPS) is 13.5. The van der Waals surface area contributed by atoms with Gasteiger partial charge in [0, 0.05) is 17.3 Å². The Hall–Kier alpha value is -3.40. The van der Waals surface area contributed by atoms with E-state index in [4.69, 9.17) is 4.99 Å². The van der Waals surface area contributed by atoms with E-state index in [1.165, 1.54) is 0 Å². The van der Waals surface area contributed by atoms with Crippen molar-refractivity contribution in [3.05, 3.63) is 83.4 Å². The van der Waals surface area contributed by atoms with Gasteiger partial charge in [-0.15, -0.1) is 0 Å². The average molecular weight is 342 g/mol. The molecule has 1 heterocycles. The quantitative estimate of drug-likeness (QED) is 0.664. The molecule has 4 rings (SSSR count). The zero-order valence-corrected chi connectivity index (χ0v) is 14.1. The molecule has 26 heavy (non-hydrogen) atoms. The van der Waals surface area contributed by atoms with Crippen LogP contribution < -0.4 is 0 Å². The van der Waals surface area contributed by atoms with E-state index < -0.39 is 0 Å². The molecule has 0 bridgehead atoms. The first kappa shape index (κ1) is 16.1. The van der Waals surface area contributed by atoms with Crippen molar-refractivity contribution in [2.75, 3.05) is 0 Å². The molecular weight excluding hydrogens is 324 g/mol. The first-order valence-corrected chi connectivity index (χ1v) is 8.52. The van der Waals surface area contributed by atoms with Gasteiger partial charge in [0.1, 0.15) is 11.5 Å². The number of rotatable bonds is 3. The minimum atomic E-state index is 0.194. The molecule has 0 saturated heterocycles. The van der Waals surface area contributed by atoms with Gasteiger partial charge in [-0.25, -0.2) is 0 Å². The summed E-state index contributed by atoms with van der Waals surface area (Å²) in [6.07, 6.45) is 3.27. The third kappa shape index (κ3) is 3.09. The molecule has 0 saturated carbocycles. The van der Waals surface area contributed by atoms with E-state index in [1.807, 2.05) is 36.4 Å². The molecule has 1 aliphatic rings. The third-order valence-electron chi connectivity index (χ3n) is 4.47. The fraction of sp³-hybridized carbons (Fsp3) is 0.0909. The van der Waals surface area contributed by atoms with Crippen LogP contribution >= 0.6 is 0 Å². The highest BCUT2D eigenvalue weighted by Crippen LogP contribution is 2.37. The Bertz CT molecular complexity index is 1020. The van der Waals surface area contributed by atoms with Crippen molar-refractivity contribution >= 4 is 23.3 Å². The molecule has 3 aromatic carbocycles. The van der Waals surface area contributed by atoms with Gasteiger partial charge in [0.05, 0.1) is 17.1 Å². The lowest BCUT2D eigenvalue weighted by molar-refractivity contribution is 0.473. The van der Waals surface area contributed by atoms with Gasteiger partial charge in [-0.05, 0) is 48.7 Å². The number of aryl methyl sites for hydroxylation is 1. The molecule has 128 valence electrons. The number of phenolic OH excluding ortho intramolecular Hbond substituents is 2. The molecule has 0 atom stereocenters. The van der Waals surface area contributed by atoms with Gasteiger partial charge in [0.25, 0.3) is 0 Å². The second-order valence-corrected chi connectivity index (χ2v) is 6.18. The Labute approximate surface area is 151 Å². The summed E-state index contributed by atoms with van der Waals surface area (Å²) in [6, 6.07) is 20.3. The van der Waals surface area contributed by atoms with Crippen LogP contribution in [-0.4, -0.2) is 22.1 Å². The SMILES string of the molecule is Oc1ccccc1C=Nc1cccc2c1N=C(c1ccccc1O)CC2. The first-order valence-electron chi connectivity index (χ1n) is 8.52. The predicted molar refractivity (Wildman–Crippen MR) is 104 cm³/mol. The van der Waals surface area contributed by atoms with Crippen molar-refractivity contribution in [2.24, 2.45) is 9.98 Å². The standard InChI is InChI=1S/C22H18N2O2/c25-20-10-3-1-6-16(20)14-23-19-9-5-7-15-12-13-18(24-22(15)19)17-8-2-4-11-21(17)26/h1-11,14,25-26H,12-13H2. The predicted octanol–water partition coefficient (Wildman–Crippen LogP) is 4.92. The molecule has 4 heteroatoms. The lowest BCUT2D eigenvalue weighted by Crippen LogP contribution is -2.07. The number of para-hydroxylation sites is 3. The summed E-state index contributed by atoms with van der Waals surface area (Å²) in [5.41, 5.74) is 4.99. The summed E-state index contributed by atoms with van der Waals surface area (Å²) in [6.45, 7) is 0. The molecule has 0 unspecified atom stereocenters. The lowest BCUT2D eigenvalue weighted by Gasteiger charge is -2.17. The number of phenols is 2. The van der Waals surface area contributed by atoms with Crippen LogP contribution in [0.1, 0.15) is 23.1 Å². The minimum absolute atomic E-state index is 0.194. The molecule has 1 aliphatic heterocycles. The van der Waals surface area contributed by atoms with E-state index in [0.29, 0.717) is 5.56 Å². The largest absolute Gasteiger partial charge is 0.507 e. The van der Waals surface area contributed by atoms with Gasteiger partial charge in [0.15, 0.2) is 0 Å². The smallest absolute Gasteiger partial charge is 0.124 e. The second kappa shape index (κ2) is 6.84. The zero-order chi connectivity index (χ0) is 17.9. The van der Waals surface area contributed by atoms with Crippen LogP contribution in [0.3, 0.4) is 0 Å². The van der Waals surface area contributed by atoms with E-state index in [2.05, 4.69) is 11.1 Å². The Kier molecular flexibility index (Phi) is 4.23. The topological polar surface area (TPSA) is 65.2 Å². The van der Waals surface area contributed by atoms with Crippen molar-refractivity contribution < 1.29 is 10.2 Å². The first-order chi connectivity index (χ1) is 12.7. The van der Waals surface area contributed by atoms with Crippen molar-refractivity contribution in [1.82, 2.24) is 0 Å². The summed E-state index contributed by atoms with van der Waals surface area (Å²) in [5.74, 6) is 0.435. The van der Waals surface area contributed by atoms with Gasteiger partial charge < -0.3 is 10.2 Å². The molecule has 0 aromatic heterocycles. The summed E-state index contributed by atoms with van der Waals surface area (Å²) in [4.78, 5) is 9.34. The summed E-state index contributed by atoms with van der Waals surface area (Å²) < 4.78 is 0. The lowest BCUT2D eigenvalue weighted by atomic mass is 9.96. The molecule has 2 N–H and O–H groups in total. The number of hydrogen-bond acceptors (Lipinski definition) is 4. The highest BCUT2D eigenvalue weighted by molar-refractivity contribution is 6.06. The number of hydrogen-bond donors (Lipinski definition) is 2. The van der Waals surface area contributed by atoms with Gasteiger partial charge in [0.2, 0.25) is 0 Å². The maximum atomic E-state index is 10.1. The molecule has 0 spiro atoms. The Morgan fingerprint density at radius 1 is 0.808 bits per heavy atom. The van der Waals surface area contributed by atoms with Gasteiger partial charge in [-0.2, -0.15) is 0 Å². The number of aliphatic imine (C=N–C) groups is 2. The molecule has 0 radical (unpaired) electrons. The number of fused-ring (bicyclic) bond motifs is 1. The van der Waals surface area contributed by atoms with Crippen LogP contribution in [0, 0.1) is 0 Å². The number of aromatic hydroxyl groups is 2. The molecule has 0 fully saturated rings. The molecule has 0 aliphatic carbocycles. The zero-order valence-electron chi connectivity index (χ0n) is 14.1. The fourth-order valence-corrected chi connectivity index (χ4v) is 3.11. The highest BCUT2D eigenvalue weighted by atomic mass is 16.3. The van der Waals surface area contributed by atoms with Crippen LogP contribution in [0.15, 0.2) is 76.7 Å². The Balaban J connectivity index is 1.75. The summed E-state index contributed by atoms with van der Waals surface area (Å²) in [5, 5.41) is 20.0. The molecule has 3 aromatic rings. The number of nitrogens with zero attached hydrogens (tertiary/aromatic N) is 2.